The summed E-state index contributed by atoms with van der Waals surface area (Å²) in [6, 6.07) is 6.85. The first-order valence-corrected chi connectivity index (χ1v) is 9.00. The van der Waals surface area contributed by atoms with Crippen molar-refractivity contribution in [2.75, 3.05) is 19.5 Å². The van der Waals surface area contributed by atoms with E-state index in [2.05, 4.69) is 0 Å². The molecule has 0 heterocycles. The molecule has 0 saturated heterocycles. The second-order valence-corrected chi connectivity index (χ2v) is 7.50. The highest BCUT2D eigenvalue weighted by molar-refractivity contribution is 8.13. The smallest absolute Gasteiger partial charge is 0.232 e. The van der Waals surface area contributed by atoms with Crippen LogP contribution in [-0.4, -0.2) is 27.9 Å². The van der Waals surface area contributed by atoms with Crippen LogP contribution in [0.2, 0.25) is 0 Å². The number of hydrogen-bond donors (Lipinski definition) is 0. The SMILES string of the molecule is CCCC(COc1cc(C#N)cc(OC)c1)CS(=O)(=O)Cl. The van der Waals surface area contributed by atoms with Crippen LogP contribution in [0.1, 0.15) is 25.3 Å². The maximum atomic E-state index is 11.2. The van der Waals surface area contributed by atoms with Crippen molar-refractivity contribution >= 4 is 19.7 Å². The molecule has 116 valence electrons. The second kappa shape index (κ2) is 8.11. The Balaban J connectivity index is 2.77. The maximum Gasteiger partial charge on any atom is 0.232 e. The van der Waals surface area contributed by atoms with Gasteiger partial charge in [-0.25, -0.2) is 8.42 Å². The van der Waals surface area contributed by atoms with E-state index in [9.17, 15) is 8.42 Å². The summed E-state index contributed by atoms with van der Waals surface area (Å²) in [7, 11) is 3.23. The van der Waals surface area contributed by atoms with Crippen LogP contribution in [0.3, 0.4) is 0 Å². The summed E-state index contributed by atoms with van der Waals surface area (Å²) in [5, 5.41) is 8.94. The van der Waals surface area contributed by atoms with Gasteiger partial charge in [0.15, 0.2) is 0 Å². The molecule has 0 aliphatic rings. The first-order chi connectivity index (χ1) is 9.87. The molecule has 0 fully saturated rings. The quantitative estimate of drug-likeness (QED) is 0.684. The summed E-state index contributed by atoms with van der Waals surface area (Å²) in [6.07, 6.45) is 1.53. The molecule has 0 bridgehead atoms. The molecular weight excluding hydrogens is 314 g/mol. The lowest BCUT2D eigenvalue weighted by Gasteiger charge is -2.16. The largest absolute Gasteiger partial charge is 0.497 e. The first kappa shape index (κ1) is 17.6. The Hall–Kier alpha value is -1.45. The molecule has 0 spiro atoms. The van der Waals surface area contributed by atoms with Crippen LogP contribution in [-0.2, 0) is 9.05 Å². The van der Waals surface area contributed by atoms with Crippen LogP contribution in [0.4, 0.5) is 0 Å². The molecule has 1 rings (SSSR count). The number of ether oxygens (including phenoxy) is 2. The van der Waals surface area contributed by atoms with Crippen molar-refractivity contribution in [2.45, 2.75) is 19.8 Å². The number of rotatable bonds is 8. The highest BCUT2D eigenvalue weighted by atomic mass is 35.7. The molecule has 5 nitrogen and oxygen atoms in total. The van der Waals surface area contributed by atoms with Crippen LogP contribution >= 0.6 is 10.7 Å². The van der Waals surface area contributed by atoms with E-state index in [1.807, 2.05) is 13.0 Å². The van der Waals surface area contributed by atoms with Gasteiger partial charge in [0.1, 0.15) is 11.5 Å². The fraction of sp³-hybridized carbons (Fsp3) is 0.500. The van der Waals surface area contributed by atoms with Crippen LogP contribution in [0.15, 0.2) is 18.2 Å². The van der Waals surface area contributed by atoms with Gasteiger partial charge >= 0.3 is 0 Å². The zero-order valence-electron chi connectivity index (χ0n) is 12.0. The van der Waals surface area contributed by atoms with Gasteiger partial charge < -0.3 is 9.47 Å². The molecule has 0 N–H and O–H groups in total. The Morgan fingerprint density at radius 1 is 1.33 bits per heavy atom. The molecule has 1 atom stereocenters. The van der Waals surface area contributed by atoms with E-state index < -0.39 is 9.05 Å². The van der Waals surface area contributed by atoms with Crippen molar-refractivity contribution in [1.82, 2.24) is 0 Å². The van der Waals surface area contributed by atoms with Crippen molar-refractivity contribution in [3.63, 3.8) is 0 Å². The molecule has 0 aromatic heterocycles. The van der Waals surface area contributed by atoms with Gasteiger partial charge in [-0.05, 0) is 18.6 Å². The van der Waals surface area contributed by atoms with Crippen LogP contribution < -0.4 is 9.47 Å². The summed E-state index contributed by atoms with van der Waals surface area (Å²) >= 11 is 0. The highest BCUT2D eigenvalue weighted by Gasteiger charge is 2.17. The molecule has 1 unspecified atom stereocenters. The van der Waals surface area contributed by atoms with E-state index >= 15 is 0 Å². The summed E-state index contributed by atoms with van der Waals surface area (Å²) in [5.41, 5.74) is 0.418. The van der Waals surface area contributed by atoms with Gasteiger partial charge in [-0.2, -0.15) is 5.26 Å². The average Bonchev–Trinajstić information content (AvgIpc) is 2.43. The lowest BCUT2D eigenvalue weighted by molar-refractivity contribution is 0.252. The van der Waals surface area contributed by atoms with E-state index in [-0.39, 0.29) is 18.3 Å². The number of benzene rings is 1. The molecule has 0 aliphatic carbocycles. The van der Waals surface area contributed by atoms with E-state index in [1.165, 1.54) is 7.11 Å². The summed E-state index contributed by atoms with van der Waals surface area (Å²) < 4.78 is 33.0. The van der Waals surface area contributed by atoms with E-state index in [0.717, 1.165) is 6.42 Å². The van der Waals surface area contributed by atoms with E-state index in [1.54, 1.807) is 18.2 Å². The fourth-order valence-electron chi connectivity index (χ4n) is 1.96. The molecule has 21 heavy (non-hydrogen) atoms. The van der Waals surface area contributed by atoms with E-state index in [4.69, 9.17) is 25.4 Å². The van der Waals surface area contributed by atoms with Crippen molar-refractivity contribution in [3.05, 3.63) is 23.8 Å². The average molecular weight is 332 g/mol. The zero-order valence-corrected chi connectivity index (χ0v) is 13.6. The first-order valence-electron chi connectivity index (χ1n) is 6.52. The maximum absolute atomic E-state index is 11.2. The van der Waals surface area contributed by atoms with Crippen LogP contribution in [0.5, 0.6) is 11.5 Å². The number of hydrogen-bond acceptors (Lipinski definition) is 5. The minimum Gasteiger partial charge on any atom is -0.497 e. The third-order valence-corrected chi connectivity index (χ3v) is 4.11. The molecule has 0 radical (unpaired) electrons. The third-order valence-electron chi connectivity index (χ3n) is 2.86. The van der Waals surface area contributed by atoms with Crippen molar-refractivity contribution in [1.29, 1.82) is 5.26 Å². The minimum atomic E-state index is -3.56. The summed E-state index contributed by atoms with van der Waals surface area (Å²) in [4.78, 5) is 0. The topological polar surface area (TPSA) is 76.4 Å². The summed E-state index contributed by atoms with van der Waals surface area (Å²) in [5.74, 6) is 0.673. The van der Waals surface area contributed by atoms with Gasteiger partial charge in [-0.3, -0.25) is 0 Å². The normalized spacial score (nSPS) is 12.5. The van der Waals surface area contributed by atoms with Crippen LogP contribution in [0, 0.1) is 17.2 Å². The lowest BCUT2D eigenvalue weighted by Crippen LogP contribution is -2.19. The number of halogens is 1. The molecule has 1 aromatic rings. The van der Waals surface area contributed by atoms with Gasteiger partial charge in [0, 0.05) is 22.7 Å². The Morgan fingerprint density at radius 3 is 2.52 bits per heavy atom. The monoisotopic (exact) mass is 331 g/mol. The standard InChI is InChI=1S/C14H18ClNO4S/c1-3-4-11(10-21(15,17)18)9-20-14-6-12(8-16)5-13(7-14)19-2/h5-7,11H,3-4,9-10H2,1-2H3. The number of methoxy groups -OCH3 is 1. The summed E-state index contributed by atoms with van der Waals surface area (Å²) in [6.45, 7) is 2.19. The minimum absolute atomic E-state index is 0.128. The number of nitriles is 1. The predicted molar refractivity (Wildman–Crippen MR) is 81.2 cm³/mol. The van der Waals surface area contributed by atoms with Gasteiger partial charge in [-0.1, -0.05) is 13.3 Å². The van der Waals surface area contributed by atoms with Gasteiger partial charge in [-0.15, -0.1) is 0 Å². The second-order valence-electron chi connectivity index (χ2n) is 4.68. The lowest BCUT2D eigenvalue weighted by atomic mass is 10.1. The van der Waals surface area contributed by atoms with Gasteiger partial charge in [0.25, 0.3) is 0 Å². The molecule has 7 heteroatoms. The van der Waals surface area contributed by atoms with Crippen molar-refractivity contribution in [3.8, 4) is 17.6 Å². The third kappa shape index (κ3) is 6.69. The number of nitrogens with zero attached hydrogens (tertiary/aromatic N) is 1. The van der Waals surface area contributed by atoms with Crippen LogP contribution in [0.25, 0.3) is 0 Å². The van der Waals surface area contributed by atoms with Gasteiger partial charge in [0.2, 0.25) is 9.05 Å². The highest BCUT2D eigenvalue weighted by Crippen LogP contribution is 2.23. The molecule has 0 saturated carbocycles. The van der Waals surface area contributed by atoms with Gasteiger partial charge in [0.05, 0.1) is 31.1 Å². The zero-order chi connectivity index (χ0) is 15.9. The molecule has 1 aromatic carbocycles. The fourth-order valence-corrected chi connectivity index (χ4v) is 3.32. The Bertz CT molecular complexity index is 610. The predicted octanol–water partition coefficient (Wildman–Crippen LogP) is 2.93. The Labute approximate surface area is 129 Å². The molecule has 0 aliphatic heterocycles. The van der Waals surface area contributed by atoms with E-state index in [0.29, 0.717) is 23.5 Å². The molecular formula is C14H18ClNO4S. The van der Waals surface area contributed by atoms with Crippen molar-refractivity contribution in [2.24, 2.45) is 5.92 Å². The Morgan fingerprint density at radius 2 is 2.00 bits per heavy atom. The molecule has 0 amide bonds. The Kier molecular flexibility index (Phi) is 6.79. The van der Waals surface area contributed by atoms with Crippen molar-refractivity contribution < 1.29 is 17.9 Å².